The van der Waals surface area contributed by atoms with Gasteiger partial charge in [0.2, 0.25) is 0 Å². The molecule has 111 valence electrons. The van der Waals surface area contributed by atoms with Crippen LogP contribution in [0.2, 0.25) is 24.2 Å². The fourth-order valence-electron chi connectivity index (χ4n) is 2.79. The summed E-state index contributed by atoms with van der Waals surface area (Å²) in [5.41, 5.74) is -0.411. The van der Waals surface area contributed by atoms with Crippen LogP contribution in [-0.4, -0.2) is 26.4 Å². The van der Waals surface area contributed by atoms with E-state index in [4.69, 9.17) is 9.31 Å². The molecular formula is C15H32BO2Si. The van der Waals surface area contributed by atoms with Crippen molar-refractivity contribution >= 4 is 15.2 Å². The second-order valence-electron chi connectivity index (χ2n) is 6.96. The molecule has 0 N–H and O–H groups in total. The van der Waals surface area contributed by atoms with Crippen LogP contribution in [0.4, 0.5) is 0 Å². The monoisotopic (exact) mass is 283 g/mol. The molecule has 0 aromatic carbocycles. The first-order valence-corrected chi connectivity index (χ1v) is 10.7. The van der Waals surface area contributed by atoms with E-state index in [0.29, 0.717) is 0 Å². The van der Waals surface area contributed by atoms with Crippen LogP contribution >= 0.6 is 0 Å². The summed E-state index contributed by atoms with van der Waals surface area (Å²) in [5, 5.41) is 0. The van der Waals surface area contributed by atoms with Gasteiger partial charge in [-0.15, -0.1) is 0 Å². The summed E-state index contributed by atoms with van der Waals surface area (Å²) >= 11 is 0. The van der Waals surface area contributed by atoms with Gasteiger partial charge in [0.25, 0.3) is 0 Å². The summed E-state index contributed by atoms with van der Waals surface area (Å²) in [4.78, 5) is 0. The van der Waals surface area contributed by atoms with Gasteiger partial charge >= 0.3 is 7.12 Å². The average Bonchev–Trinajstić information content (AvgIpc) is 2.54. The van der Waals surface area contributed by atoms with Crippen molar-refractivity contribution in [1.82, 2.24) is 0 Å². The fourth-order valence-corrected chi connectivity index (χ4v) is 6.13. The highest BCUT2D eigenvalue weighted by atomic mass is 28.3. The van der Waals surface area contributed by atoms with Crippen molar-refractivity contribution < 1.29 is 9.31 Å². The van der Waals surface area contributed by atoms with Crippen LogP contribution in [0.3, 0.4) is 0 Å². The van der Waals surface area contributed by atoms with Gasteiger partial charge in [-0.1, -0.05) is 51.4 Å². The summed E-state index contributed by atoms with van der Waals surface area (Å²) in [6.07, 6.45) is 3.39. The minimum absolute atomic E-state index is 0.123. The van der Waals surface area contributed by atoms with Crippen LogP contribution in [0.1, 0.15) is 54.9 Å². The van der Waals surface area contributed by atoms with Gasteiger partial charge in [-0.3, -0.25) is 0 Å². The normalized spacial score (nSPS) is 21.9. The molecule has 0 atom stereocenters. The second-order valence-corrected chi connectivity index (χ2v) is 12.6. The molecule has 1 saturated heterocycles. The third-order valence-corrected chi connectivity index (χ3v) is 11.4. The van der Waals surface area contributed by atoms with Gasteiger partial charge in [-0.25, -0.2) is 0 Å². The molecule has 0 aromatic rings. The van der Waals surface area contributed by atoms with Crippen LogP contribution in [0.5, 0.6) is 0 Å². The van der Waals surface area contributed by atoms with Crippen molar-refractivity contribution in [2.24, 2.45) is 0 Å². The maximum Gasteiger partial charge on any atom is 0.460 e. The Kier molecular flexibility index (Phi) is 5.74. The van der Waals surface area contributed by atoms with Crippen molar-refractivity contribution in [1.29, 1.82) is 0 Å². The maximum absolute atomic E-state index is 6.02. The molecule has 1 aliphatic heterocycles. The standard InChI is InChI=1S/C15H32BO2Si/c1-8-19(9-2,10-3)13-11-12-16-17-14(4,5)15(6,7)18-16/h12H,8-11,13H2,1-7H3. The molecule has 4 heteroatoms. The molecule has 1 aliphatic rings. The molecule has 0 spiro atoms. The molecule has 1 rings (SSSR count). The van der Waals surface area contributed by atoms with Crippen LogP contribution in [0.15, 0.2) is 0 Å². The summed E-state index contributed by atoms with van der Waals surface area (Å²) in [7, 11) is -1.13. The lowest BCUT2D eigenvalue weighted by Crippen LogP contribution is -2.41. The Labute approximate surface area is 121 Å². The zero-order valence-corrected chi connectivity index (χ0v) is 15.0. The van der Waals surface area contributed by atoms with Gasteiger partial charge < -0.3 is 9.31 Å². The van der Waals surface area contributed by atoms with Crippen molar-refractivity contribution in [3.05, 3.63) is 6.32 Å². The molecule has 19 heavy (non-hydrogen) atoms. The zero-order valence-electron chi connectivity index (χ0n) is 14.0. The molecule has 1 radical (unpaired) electrons. The molecule has 1 fully saturated rings. The quantitative estimate of drug-likeness (QED) is 0.629. The largest absolute Gasteiger partial charge is 0.460 e. The van der Waals surface area contributed by atoms with Gasteiger partial charge in [-0.2, -0.15) is 0 Å². The highest BCUT2D eigenvalue weighted by Crippen LogP contribution is 2.38. The van der Waals surface area contributed by atoms with E-state index < -0.39 is 8.07 Å². The van der Waals surface area contributed by atoms with E-state index in [-0.39, 0.29) is 18.3 Å². The van der Waals surface area contributed by atoms with Crippen molar-refractivity contribution in [2.75, 3.05) is 0 Å². The van der Waals surface area contributed by atoms with E-state index in [2.05, 4.69) is 54.8 Å². The topological polar surface area (TPSA) is 18.5 Å². The average molecular weight is 283 g/mol. The van der Waals surface area contributed by atoms with Gasteiger partial charge in [0, 0.05) is 0 Å². The van der Waals surface area contributed by atoms with Gasteiger partial charge in [-0.05, 0) is 34.0 Å². The third kappa shape index (κ3) is 3.86. The number of hydrogen-bond acceptors (Lipinski definition) is 2. The van der Waals surface area contributed by atoms with E-state index in [1.807, 2.05) is 0 Å². The predicted molar refractivity (Wildman–Crippen MR) is 87.0 cm³/mol. The Morgan fingerprint density at radius 2 is 1.32 bits per heavy atom. The fraction of sp³-hybridized carbons (Fsp3) is 0.933. The van der Waals surface area contributed by atoms with Crippen LogP contribution in [-0.2, 0) is 9.31 Å². The summed E-state index contributed by atoms with van der Waals surface area (Å²) in [6.45, 7) is 15.6. The highest BCUT2D eigenvalue weighted by Gasteiger charge is 2.50. The Hall–Kier alpha value is 0.202. The van der Waals surface area contributed by atoms with Crippen molar-refractivity contribution in [2.45, 2.75) is 90.3 Å². The summed E-state index contributed by atoms with van der Waals surface area (Å²) < 4.78 is 12.0. The SMILES string of the molecule is CC[Si](CC)(CC)CC[CH]B1OC(C)(C)C(C)(C)O1. The van der Waals surface area contributed by atoms with E-state index in [9.17, 15) is 0 Å². The van der Waals surface area contributed by atoms with Crippen LogP contribution in [0, 0.1) is 6.32 Å². The first-order chi connectivity index (χ1) is 8.72. The molecule has 1 heterocycles. The molecule has 0 unspecified atom stereocenters. The second kappa shape index (κ2) is 6.32. The summed E-state index contributed by atoms with van der Waals surface area (Å²) in [6, 6.07) is 5.58. The molecule has 0 aliphatic carbocycles. The lowest BCUT2D eigenvalue weighted by molar-refractivity contribution is 0.00578. The first kappa shape index (κ1) is 17.3. The lowest BCUT2D eigenvalue weighted by atomic mass is 9.83. The van der Waals surface area contributed by atoms with Crippen LogP contribution in [0.25, 0.3) is 0 Å². The smallest absolute Gasteiger partial charge is 0.403 e. The van der Waals surface area contributed by atoms with E-state index in [0.717, 1.165) is 6.42 Å². The minimum Gasteiger partial charge on any atom is -0.403 e. The van der Waals surface area contributed by atoms with E-state index >= 15 is 0 Å². The van der Waals surface area contributed by atoms with Crippen LogP contribution < -0.4 is 0 Å². The molecule has 0 bridgehead atoms. The predicted octanol–water partition coefficient (Wildman–Crippen LogP) is 4.72. The van der Waals surface area contributed by atoms with Gasteiger partial charge in [0.05, 0.1) is 19.3 Å². The van der Waals surface area contributed by atoms with Gasteiger partial charge in [0.1, 0.15) is 0 Å². The van der Waals surface area contributed by atoms with Gasteiger partial charge in [0.15, 0.2) is 0 Å². The molecule has 2 nitrogen and oxygen atoms in total. The highest BCUT2D eigenvalue weighted by molar-refractivity contribution is 6.79. The summed E-state index contributed by atoms with van der Waals surface area (Å²) in [5.74, 6) is 0. The minimum atomic E-state index is -1.00. The molecular weight excluding hydrogens is 251 g/mol. The molecule has 0 amide bonds. The Balaban J connectivity index is 2.43. The Morgan fingerprint density at radius 1 is 0.895 bits per heavy atom. The van der Waals surface area contributed by atoms with Crippen molar-refractivity contribution in [3.8, 4) is 0 Å². The maximum atomic E-state index is 6.02. The molecule has 0 aromatic heterocycles. The van der Waals surface area contributed by atoms with Crippen molar-refractivity contribution in [3.63, 3.8) is 0 Å². The van der Waals surface area contributed by atoms with E-state index in [1.165, 1.54) is 24.2 Å². The first-order valence-electron chi connectivity index (χ1n) is 7.91. The number of hydrogen-bond donors (Lipinski definition) is 0. The third-order valence-electron chi connectivity index (χ3n) is 5.56. The number of rotatable bonds is 7. The Morgan fingerprint density at radius 3 is 1.68 bits per heavy atom. The lowest BCUT2D eigenvalue weighted by Gasteiger charge is -2.32. The Bertz CT molecular complexity index is 264. The van der Waals surface area contributed by atoms with E-state index in [1.54, 1.807) is 0 Å². The molecule has 0 saturated carbocycles. The zero-order chi connectivity index (χ0) is 14.7.